The van der Waals surface area contributed by atoms with Crippen LogP contribution in [0.15, 0.2) is 72.8 Å². The molecule has 6 nitrogen and oxygen atoms in total. The second-order valence-corrected chi connectivity index (χ2v) is 7.01. The summed E-state index contributed by atoms with van der Waals surface area (Å²) in [5.74, 6) is 1.51. The van der Waals surface area contributed by atoms with Crippen molar-refractivity contribution in [2.45, 2.75) is 20.0 Å². The Morgan fingerprint density at radius 2 is 1.65 bits per heavy atom. The molecule has 0 aliphatic carbocycles. The summed E-state index contributed by atoms with van der Waals surface area (Å²) in [6.07, 6.45) is 0.383. The molecule has 0 aliphatic heterocycles. The van der Waals surface area contributed by atoms with E-state index in [1.165, 1.54) is 5.56 Å². The van der Waals surface area contributed by atoms with E-state index in [0.717, 1.165) is 22.6 Å². The van der Waals surface area contributed by atoms with Crippen LogP contribution < -0.4 is 20.1 Å². The molecule has 3 aromatic rings. The first kappa shape index (κ1) is 21.7. The van der Waals surface area contributed by atoms with Crippen LogP contribution in [0.3, 0.4) is 0 Å². The molecule has 0 fully saturated rings. The zero-order valence-corrected chi connectivity index (χ0v) is 17.4. The van der Waals surface area contributed by atoms with Crippen molar-refractivity contribution < 1.29 is 14.3 Å². The molecule has 0 aromatic heterocycles. The maximum Gasteiger partial charge on any atom is 0.319 e. The van der Waals surface area contributed by atoms with Gasteiger partial charge in [-0.25, -0.2) is 4.79 Å². The summed E-state index contributed by atoms with van der Waals surface area (Å²) < 4.78 is 11.4. The van der Waals surface area contributed by atoms with Gasteiger partial charge in [-0.3, -0.25) is 0 Å². The van der Waals surface area contributed by atoms with E-state index in [1.807, 2.05) is 79.7 Å². The Morgan fingerprint density at radius 1 is 0.935 bits per heavy atom. The molecule has 2 amide bonds. The van der Waals surface area contributed by atoms with Crippen molar-refractivity contribution in [1.29, 1.82) is 5.26 Å². The number of carbonyl (C=O) groups excluding carboxylic acids is 1. The average Bonchev–Trinajstić information content (AvgIpc) is 2.78. The van der Waals surface area contributed by atoms with Gasteiger partial charge in [0, 0.05) is 5.69 Å². The van der Waals surface area contributed by atoms with Gasteiger partial charge in [0.1, 0.15) is 24.7 Å². The Kier molecular flexibility index (Phi) is 7.90. The largest absolute Gasteiger partial charge is 0.492 e. The first-order valence-corrected chi connectivity index (χ1v) is 10.0. The molecule has 0 spiro atoms. The van der Waals surface area contributed by atoms with Crippen molar-refractivity contribution in [2.75, 3.05) is 18.5 Å². The number of nitrogens with one attached hydrogen (secondary N) is 2. The maximum absolute atomic E-state index is 12.1. The van der Waals surface area contributed by atoms with Gasteiger partial charge >= 0.3 is 6.03 Å². The Bertz CT molecular complexity index is 1030. The van der Waals surface area contributed by atoms with Crippen molar-refractivity contribution in [3.05, 3.63) is 89.5 Å². The third-order valence-corrected chi connectivity index (χ3v) is 4.47. The predicted octanol–water partition coefficient (Wildman–Crippen LogP) is 4.84. The van der Waals surface area contributed by atoms with Crippen molar-refractivity contribution in [2.24, 2.45) is 0 Å². The maximum atomic E-state index is 12.1. The number of urea groups is 1. The number of carbonyl (C=O) groups is 1. The number of nitriles is 1. The standard InChI is InChI=1S/C25H25N3O3/c1-19-5-9-23(10-6-19)30-16-15-27-25(29)28-22-4-2-3-21(17-22)18-31-24-11-7-20(8-12-24)13-14-26/h2-12,17H,13,15-16,18H2,1H3,(H2,27,28,29). The quantitative estimate of drug-likeness (QED) is 0.490. The molecular formula is C25H25N3O3. The number of amides is 2. The summed E-state index contributed by atoms with van der Waals surface area (Å²) in [6.45, 7) is 3.17. The fourth-order valence-electron chi connectivity index (χ4n) is 2.84. The number of benzene rings is 3. The normalized spacial score (nSPS) is 10.1. The van der Waals surface area contributed by atoms with Crippen molar-refractivity contribution in [3.8, 4) is 17.6 Å². The molecule has 6 heteroatoms. The van der Waals surface area contributed by atoms with Crippen LogP contribution in [0, 0.1) is 18.3 Å². The summed E-state index contributed by atoms with van der Waals surface area (Å²) >= 11 is 0. The van der Waals surface area contributed by atoms with Crippen LogP contribution in [0.2, 0.25) is 0 Å². The predicted molar refractivity (Wildman–Crippen MR) is 120 cm³/mol. The Labute approximate surface area is 182 Å². The fraction of sp³-hybridized carbons (Fsp3) is 0.200. The van der Waals surface area contributed by atoms with Gasteiger partial charge in [-0.15, -0.1) is 0 Å². The van der Waals surface area contributed by atoms with E-state index in [0.29, 0.717) is 31.9 Å². The molecule has 0 saturated heterocycles. The second kappa shape index (κ2) is 11.3. The topological polar surface area (TPSA) is 83.4 Å². The van der Waals surface area contributed by atoms with E-state index in [9.17, 15) is 4.79 Å². The highest BCUT2D eigenvalue weighted by Crippen LogP contribution is 2.16. The molecule has 0 heterocycles. The van der Waals surface area contributed by atoms with Crippen LogP contribution in [0.1, 0.15) is 16.7 Å². The molecule has 0 radical (unpaired) electrons. The Morgan fingerprint density at radius 3 is 2.39 bits per heavy atom. The molecule has 158 valence electrons. The minimum absolute atomic E-state index is 0.293. The molecule has 3 aromatic carbocycles. The number of hydrogen-bond acceptors (Lipinski definition) is 4. The molecule has 0 unspecified atom stereocenters. The van der Waals surface area contributed by atoms with Gasteiger partial charge in [-0.05, 0) is 54.4 Å². The van der Waals surface area contributed by atoms with Crippen LogP contribution >= 0.6 is 0 Å². The van der Waals surface area contributed by atoms with Crippen LogP contribution in [0.25, 0.3) is 0 Å². The van der Waals surface area contributed by atoms with E-state index in [-0.39, 0.29) is 6.03 Å². The zero-order valence-electron chi connectivity index (χ0n) is 17.4. The van der Waals surface area contributed by atoms with Crippen molar-refractivity contribution in [3.63, 3.8) is 0 Å². The summed E-state index contributed by atoms with van der Waals surface area (Å²) in [6, 6.07) is 24.5. The van der Waals surface area contributed by atoms with Crippen LogP contribution in [0.5, 0.6) is 11.5 Å². The van der Waals surface area contributed by atoms with Crippen molar-refractivity contribution in [1.82, 2.24) is 5.32 Å². The Balaban J connectivity index is 1.41. The number of anilines is 1. The highest BCUT2D eigenvalue weighted by atomic mass is 16.5. The number of nitrogens with zero attached hydrogens (tertiary/aromatic N) is 1. The fourth-order valence-corrected chi connectivity index (χ4v) is 2.84. The van der Waals surface area contributed by atoms with E-state index in [2.05, 4.69) is 16.7 Å². The lowest BCUT2D eigenvalue weighted by molar-refractivity contribution is 0.247. The average molecular weight is 415 g/mol. The smallest absolute Gasteiger partial charge is 0.319 e. The lowest BCUT2D eigenvalue weighted by Crippen LogP contribution is -2.32. The lowest BCUT2D eigenvalue weighted by Gasteiger charge is -2.11. The first-order chi connectivity index (χ1) is 15.1. The number of rotatable bonds is 9. The molecule has 0 saturated carbocycles. The summed E-state index contributed by atoms with van der Waals surface area (Å²) in [5.41, 5.74) is 3.74. The van der Waals surface area contributed by atoms with E-state index >= 15 is 0 Å². The van der Waals surface area contributed by atoms with Gasteiger partial charge in [-0.1, -0.05) is 42.0 Å². The minimum atomic E-state index is -0.293. The van der Waals surface area contributed by atoms with Crippen LogP contribution in [0.4, 0.5) is 10.5 Å². The van der Waals surface area contributed by atoms with E-state index < -0.39 is 0 Å². The summed E-state index contributed by atoms with van der Waals surface area (Å²) in [5, 5.41) is 14.3. The van der Waals surface area contributed by atoms with Gasteiger partial charge in [0.15, 0.2) is 0 Å². The van der Waals surface area contributed by atoms with Crippen LogP contribution in [-0.2, 0) is 13.0 Å². The second-order valence-electron chi connectivity index (χ2n) is 7.01. The van der Waals surface area contributed by atoms with Gasteiger partial charge in [0.05, 0.1) is 19.0 Å². The third-order valence-electron chi connectivity index (χ3n) is 4.47. The monoisotopic (exact) mass is 415 g/mol. The molecule has 0 atom stereocenters. The highest BCUT2D eigenvalue weighted by molar-refractivity contribution is 5.89. The van der Waals surface area contributed by atoms with Gasteiger partial charge < -0.3 is 20.1 Å². The molecule has 31 heavy (non-hydrogen) atoms. The van der Waals surface area contributed by atoms with Crippen molar-refractivity contribution >= 4 is 11.7 Å². The lowest BCUT2D eigenvalue weighted by atomic mass is 10.1. The number of aryl methyl sites for hydroxylation is 1. The number of hydrogen-bond donors (Lipinski definition) is 2. The molecule has 0 aliphatic rings. The Hall–Kier alpha value is -3.98. The zero-order chi connectivity index (χ0) is 21.9. The molecule has 2 N–H and O–H groups in total. The summed E-state index contributed by atoms with van der Waals surface area (Å²) in [7, 11) is 0. The molecule has 3 rings (SSSR count). The first-order valence-electron chi connectivity index (χ1n) is 10.0. The molecule has 0 bridgehead atoms. The third kappa shape index (κ3) is 7.41. The van der Waals surface area contributed by atoms with Gasteiger partial charge in [-0.2, -0.15) is 5.26 Å². The number of ether oxygens (including phenoxy) is 2. The highest BCUT2D eigenvalue weighted by Gasteiger charge is 2.04. The molecular weight excluding hydrogens is 390 g/mol. The van der Waals surface area contributed by atoms with E-state index in [1.54, 1.807) is 0 Å². The summed E-state index contributed by atoms with van der Waals surface area (Å²) in [4.78, 5) is 12.1. The van der Waals surface area contributed by atoms with E-state index in [4.69, 9.17) is 14.7 Å². The van der Waals surface area contributed by atoms with Crippen LogP contribution in [-0.4, -0.2) is 19.2 Å². The minimum Gasteiger partial charge on any atom is -0.492 e. The van der Waals surface area contributed by atoms with Gasteiger partial charge in [0.25, 0.3) is 0 Å². The SMILES string of the molecule is Cc1ccc(OCCNC(=O)Nc2cccc(COc3ccc(CC#N)cc3)c2)cc1. The van der Waals surface area contributed by atoms with Gasteiger partial charge in [0.2, 0.25) is 0 Å².